The zero-order valence-electron chi connectivity index (χ0n) is 14.3. The van der Waals surface area contributed by atoms with Gasteiger partial charge in [-0.15, -0.1) is 0 Å². The van der Waals surface area contributed by atoms with Gasteiger partial charge in [-0.2, -0.15) is 0 Å². The van der Waals surface area contributed by atoms with E-state index in [1.165, 1.54) is 17.6 Å². The lowest BCUT2D eigenvalue weighted by molar-refractivity contribution is 0.170. The zero-order chi connectivity index (χ0) is 16.9. The highest BCUT2D eigenvalue weighted by Crippen LogP contribution is 2.34. The van der Waals surface area contributed by atoms with Gasteiger partial charge in [0.15, 0.2) is 0 Å². The lowest BCUT2D eigenvalue weighted by atomic mass is 9.80. The van der Waals surface area contributed by atoms with Crippen molar-refractivity contribution in [3.63, 3.8) is 0 Å². The van der Waals surface area contributed by atoms with Crippen LogP contribution in [0.1, 0.15) is 30.4 Å². The van der Waals surface area contributed by atoms with Crippen LogP contribution in [-0.4, -0.2) is 12.3 Å². The number of hydrogen-bond acceptors (Lipinski definition) is 2. The minimum absolute atomic E-state index is 0.140. The first-order valence-electron chi connectivity index (χ1n) is 9.07. The summed E-state index contributed by atoms with van der Waals surface area (Å²) < 4.78 is 6.46. The number of hydrogen-bond donors (Lipinski definition) is 0. The van der Waals surface area contributed by atoms with E-state index in [1.807, 2.05) is 30.6 Å². The van der Waals surface area contributed by atoms with Gasteiger partial charge in [-0.25, -0.2) is 0 Å². The molecular formula is C23H23NO. The van der Waals surface area contributed by atoms with Crippen LogP contribution in [-0.2, 0) is 6.42 Å². The van der Waals surface area contributed by atoms with Crippen LogP contribution in [0.5, 0.6) is 5.75 Å². The molecule has 0 aromatic heterocycles. The molecule has 1 saturated carbocycles. The van der Waals surface area contributed by atoms with E-state index in [-0.39, 0.29) is 6.10 Å². The number of rotatable bonds is 2. The molecule has 1 fully saturated rings. The minimum atomic E-state index is 0.140. The number of fused-ring (bicyclic) bond motifs is 2. The Hall–Kier alpha value is -2.61. The smallest absolute Gasteiger partial charge is 0.127 e. The molecule has 0 N–H and O–H groups in total. The van der Waals surface area contributed by atoms with Crippen molar-refractivity contribution in [1.29, 1.82) is 0 Å². The molecule has 2 unspecified atom stereocenters. The van der Waals surface area contributed by atoms with Crippen LogP contribution in [0.2, 0.25) is 0 Å². The van der Waals surface area contributed by atoms with Crippen molar-refractivity contribution in [2.24, 2.45) is 10.9 Å². The molecule has 2 nitrogen and oxygen atoms in total. The van der Waals surface area contributed by atoms with E-state index in [1.54, 1.807) is 0 Å². The van der Waals surface area contributed by atoms with Gasteiger partial charge in [0, 0.05) is 18.0 Å². The summed E-state index contributed by atoms with van der Waals surface area (Å²) in [5.74, 6) is 1.61. The minimum Gasteiger partial charge on any atom is -0.485 e. The van der Waals surface area contributed by atoms with Crippen LogP contribution in [0, 0.1) is 5.92 Å². The normalized spacial score (nSPS) is 22.3. The Kier molecular flexibility index (Phi) is 4.78. The van der Waals surface area contributed by atoms with Crippen LogP contribution >= 0.6 is 0 Å². The van der Waals surface area contributed by atoms with Gasteiger partial charge in [0.25, 0.3) is 0 Å². The SMILES string of the molecule is C1=Cc2ccccc2OC2CC(Cc3ccccc3)CCC2=CC=N1. The van der Waals surface area contributed by atoms with Crippen molar-refractivity contribution in [2.45, 2.75) is 31.8 Å². The van der Waals surface area contributed by atoms with Gasteiger partial charge in [0.2, 0.25) is 0 Å². The van der Waals surface area contributed by atoms with Crippen LogP contribution in [0.3, 0.4) is 0 Å². The van der Waals surface area contributed by atoms with Crippen molar-refractivity contribution in [3.05, 3.63) is 83.6 Å². The maximum atomic E-state index is 6.46. The van der Waals surface area contributed by atoms with Gasteiger partial charge in [0.05, 0.1) is 0 Å². The maximum Gasteiger partial charge on any atom is 0.127 e. The predicted molar refractivity (Wildman–Crippen MR) is 104 cm³/mol. The fourth-order valence-electron chi connectivity index (χ4n) is 3.74. The highest BCUT2D eigenvalue weighted by Gasteiger charge is 2.28. The predicted octanol–water partition coefficient (Wildman–Crippen LogP) is 5.46. The highest BCUT2D eigenvalue weighted by molar-refractivity contribution is 5.74. The van der Waals surface area contributed by atoms with Gasteiger partial charge in [-0.05, 0) is 61.0 Å². The molecule has 1 aliphatic carbocycles. The highest BCUT2D eigenvalue weighted by atomic mass is 16.5. The quantitative estimate of drug-likeness (QED) is 0.717. The zero-order valence-corrected chi connectivity index (χ0v) is 14.3. The summed E-state index contributed by atoms with van der Waals surface area (Å²) >= 11 is 0. The molecule has 0 radical (unpaired) electrons. The van der Waals surface area contributed by atoms with Crippen LogP contribution in [0.15, 0.2) is 77.4 Å². The van der Waals surface area contributed by atoms with E-state index in [0.717, 1.165) is 30.6 Å². The first-order chi connectivity index (χ1) is 12.4. The molecule has 1 aliphatic heterocycles. The van der Waals surface area contributed by atoms with Crippen LogP contribution in [0.4, 0.5) is 0 Å². The fourth-order valence-corrected chi connectivity index (χ4v) is 3.74. The number of nitrogens with zero attached hydrogens (tertiary/aromatic N) is 1. The summed E-state index contributed by atoms with van der Waals surface area (Å²) in [6.45, 7) is 0. The van der Waals surface area contributed by atoms with Crippen molar-refractivity contribution >= 4 is 12.3 Å². The number of para-hydroxylation sites is 1. The van der Waals surface area contributed by atoms with E-state index in [4.69, 9.17) is 4.74 Å². The Labute approximate surface area is 149 Å². The molecule has 2 aromatic rings. The topological polar surface area (TPSA) is 21.6 Å². The molecule has 2 aliphatic rings. The summed E-state index contributed by atoms with van der Waals surface area (Å²) in [5.41, 5.74) is 3.87. The molecular weight excluding hydrogens is 306 g/mol. The third-order valence-electron chi connectivity index (χ3n) is 5.07. The van der Waals surface area contributed by atoms with Gasteiger partial charge < -0.3 is 4.74 Å². The van der Waals surface area contributed by atoms with E-state index in [0.29, 0.717) is 5.92 Å². The summed E-state index contributed by atoms with van der Waals surface area (Å²) in [6, 6.07) is 19.0. The average Bonchev–Trinajstić information content (AvgIpc) is 2.65. The average molecular weight is 329 g/mol. The van der Waals surface area contributed by atoms with E-state index >= 15 is 0 Å². The first-order valence-corrected chi connectivity index (χ1v) is 9.07. The van der Waals surface area contributed by atoms with Crippen LogP contribution in [0.25, 0.3) is 6.08 Å². The number of ether oxygens (including phenoxy) is 1. The number of benzene rings is 2. The Morgan fingerprint density at radius 3 is 2.76 bits per heavy atom. The molecule has 2 aromatic carbocycles. The fraction of sp³-hybridized carbons (Fsp3) is 0.261. The second-order valence-corrected chi connectivity index (χ2v) is 6.83. The molecule has 0 bridgehead atoms. The molecule has 0 amide bonds. The van der Waals surface area contributed by atoms with Crippen molar-refractivity contribution in [1.82, 2.24) is 0 Å². The molecule has 1 heterocycles. The van der Waals surface area contributed by atoms with Gasteiger partial charge in [-0.3, -0.25) is 4.99 Å². The molecule has 126 valence electrons. The summed E-state index contributed by atoms with van der Waals surface area (Å²) in [4.78, 5) is 4.37. The molecule has 2 atom stereocenters. The van der Waals surface area contributed by atoms with E-state index in [2.05, 4.69) is 53.5 Å². The Balaban J connectivity index is 1.56. The lowest BCUT2D eigenvalue weighted by Crippen LogP contribution is -2.29. The molecule has 25 heavy (non-hydrogen) atoms. The molecule has 2 heteroatoms. The molecule has 0 saturated heterocycles. The molecule has 4 rings (SSSR count). The van der Waals surface area contributed by atoms with Gasteiger partial charge >= 0.3 is 0 Å². The second-order valence-electron chi connectivity index (χ2n) is 6.83. The summed E-state index contributed by atoms with van der Waals surface area (Å²) in [6.07, 6.45) is 12.5. The van der Waals surface area contributed by atoms with Crippen LogP contribution < -0.4 is 4.74 Å². The van der Waals surface area contributed by atoms with E-state index in [9.17, 15) is 0 Å². The standard InChI is InChI=1S/C23H23NO/c1-2-6-18(7-3-1)16-19-10-11-21-13-15-24-14-12-20-8-4-5-9-22(20)25-23(21)17-19/h1-9,12-15,19,23H,10-11,16-17H2. The number of aliphatic imine (C=N–C) groups is 1. The Bertz CT molecular complexity index is 804. The number of allylic oxidation sites excluding steroid dienone is 1. The third-order valence-corrected chi connectivity index (χ3v) is 5.07. The van der Waals surface area contributed by atoms with E-state index < -0.39 is 0 Å². The maximum absolute atomic E-state index is 6.46. The summed E-state index contributed by atoms with van der Waals surface area (Å²) in [7, 11) is 0. The molecule has 0 spiro atoms. The second kappa shape index (κ2) is 7.52. The lowest BCUT2D eigenvalue weighted by Gasteiger charge is -2.32. The Morgan fingerprint density at radius 2 is 1.84 bits per heavy atom. The van der Waals surface area contributed by atoms with Crippen molar-refractivity contribution in [3.8, 4) is 5.75 Å². The van der Waals surface area contributed by atoms with Gasteiger partial charge in [0.1, 0.15) is 11.9 Å². The van der Waals surface area contributed by atoms with Crippen molar-refractivity contribution in [2.75, 3.05) is 0 Å². The summed E-state index contributed by atoms with van der Waals surface area (Å²) in [5, 5.41) is 0. The first kappa shape index (κ1) is 15.9. The largest absolute Gasteiger partial charge is 0.485 e. The van der Waals surface area contributed by atoms with Gasteiger partial charge in [-0.1, -0.05) is 48.5 Å². The monoisotopic (exact) mass is 329 g/mol. The Morgan fingerprint density at radius 1 is 1.00 bits per heavy atom. The third kappa shape index (κ3) is 3.90. The van der Waals surface area contributed by atoms with Crippen molar-refractivity contribution < 1.29 is 4.74 Å².